The van der Waals surface area contributed by atoms with Crippen molar-refractivity contribution in [2.45, 2.75) is 0 Å². The van der Waals surface area contributed by atoms with E-state index in [-0.39, 0.29) is 35.6 Å². The molecule has 0 aromatic rings. The number of nitrogens with zero attached hydrogens (tertiary/aromatic N) is 3. The van der Waals surface area contributed by atoms with E-state index in [0.717, 1.165) is 16.0 Å². The van der Waals surface area contributed by atoms with Gasteiger partial charge in [0, 0.05) is 0 Å². The fourth-order valence-electron chi connectivity index (χ4n) is 0. The summed E-state index contributed by atoms with van der Waals surface area (Å²) in [5.41, 5.74) is 0. The van der Waals surface area contributed by atoms with Crippen molar-refractivity contribution in [2.24, 2.45) is 16.0 Å². The van der Waals surface area contributed by atoms with Gasteiger partial charge in [0.1, 0.15) is 0 Å². The predicted molar refractivity (Wildman–Crippen MR) is 27.5 cm³/mol. The zero-order valence-electron chi connectivity index (χ0n) is 4.37. The molecule has 0 aliphatic rings. The smallest absolute Gasteiger partial charge is 0.444 e. The van der Waals surface area contributed by atoms with Gasteiger partial charge < -0.3 is 30.3 Å². The van der Waals surface area contributed by atoms with Crippen molar-refractivity contribution >= 4 is 0 Å². The fourth-order valence-corrected chi connectivity index (χ4v) is 0. The van der Waals surface area contributed by atoms with E-state index in [1.807, 2.05) is 0 Å². The first-order chi connectivity index (χ1) is 4.24. The van der Waals surface area contributed by atoms with Crippen molar-refractivity contribution in [3.8, 4) is 0 Å². The molecule has 0 amide bonds. The molecule has 0 N–H and O–H groups in total. The van der Waals surface area contributed by atoms with Crippen LogP contribution >= 0.6 is 0 Å². The summed E-state index contributed by atoms with van der Waals surface area (Å²) in [6.45, 7) is 0. The quantitative estimate of drug-likeness (QED) is 0.469. The summed E-state index contributed by atoms with van der Waals surface area (Å²) in [6.07, 6.45) is 0. The minimum absolute atomic E-state index is 0. The topological polar surface area (TPSA) is 157 Å². The SMILES string of the molecule is O=N[O-].O=N[O-].O=N[O-].[La+3]. The van der Waals surface area contributed by atoms with Crippen molar-refractivity contribution in [2.75, 3.05) is 0 Å². The molecule has 0 saturated carbocycles. The molecule has 0 aromatic carbocycles. The van der Waals surface area contributed by atoms with Gasteiger partial charge in [-0.25, -0.2) is 0 Å². The number of hydrogen-bond donors (Lipinski definition) is 0. The molecule has 0 saturated heterocycles. The van der Waals surface area contributed by atoms with Crippen LogP contribution in [0.5, 0.6) is 0 Å². The molecule has 0 rings (SSSR count). The second-order valence-electron chi connectivity index (χ2n) is 0.224. The monoisotopic (exact) mass is 277 g/mol. The molecular formula is LaN3O6. The average Bonchev–Trinajstić information content (AvgIpc) is 1.70. The van der Waals surface area contributed by atoms with Gasteiger partial charge in [-0.2, -0.15) is 0 Å². The summed E-state index contributed by atoms with van der Waals surface area (Å²) in [6, 6.07) is 0. The van der Waals surface area contributed by atoms with E-state index in [0.29, 0.717) is 0 Å². The van der Waals surface area contributed by atoms with E-state index in [1.54, 1.807) is 0 Å². The third-order valence-electron chi connectivity index (χ3n) is 0. The molecular weight excluding hydrogens is 277 g/mol. The molecule has 0 heterocycles. The van der Waals surface area contributed by atoms with Crippen molar-refractivity contribution < 1.29 is 35.6 Å². The Morgan fingerprint density at radius 1 is 0.700 bits per heavy atom. The first kappa shape index (κ1) is 22.7. The first-order valence-electron chi connectivity index (χ1n) is 1.10. The minimum Gasteiger partial charge on any atom is -0.444 e. The Morgan fingerprint density at radius 2 is 0.700 bits per heavy atom. The van der Waals surface area contributed by atoms with Crippen LogP contribution in [0.4, 0.5) is 0 Å². The van der Waals surface area contributed by atoms with Crippen LogP contribution < -0.4 is 0 Å². The maximum absolute atomic E-state index is 8.00. The van der Waals surface area contributed by atoms with Gasteiger partial charge in [0.05, 0.1) is 0 Å². The summed E-state index contributed by atoms with van der Waals surface area (Å²) in [7, 11) is 0. The van der Waals surface area contributed by atoms with Crippen LogP contribution in [0.25, 0.3) is 0 Å². The Kier molecular flexibility index (Phi) is 182. The van der Waals surface area contributed by atoms with Gasteiger partial charge >= 0.3 is 35.6 Å². The molecule has 0 radical (unpaired) electrons. The molecule has 54 valence electrons. The molecule has 9 nitrogen and oxygen atoms in total. The summed E-state index contributed by atoms with van der Waals surface area (Å²) in [4.78, 5) is 24.0. The first-order valence-corrected chi connectivity index (χ1v) is 1.10. The molecule has 0 aliphatic carbocycles. The third kappa shape index (κ3) is 826. The van der Waals surface area contributed by atoms with Gasteiger partial charge in [-0.15, -0.1) is 16.0 Å². The zero-order chi connectivity index (χ0) is 8.12. The Hall–Kier alpha value is -0.605. The second kappa shape index (κ2) is 80.0. The van der Waals surface area contributed by atoms with Crippen LogP contribution in [0.3, 0.4) is 0 Å². The van der Waals surface area contributed by atoms with Gasteiger partial charge in [-0.1, -0.05) is 0 Å². The Bertz CT molecular complexity index is 49.7. The van der Waals surface area contributed by atoms with Gasteiger partial charge in [-0.05, 0) is 0 Å². The Morgan fingerprint density at radius 3 is 0.700 bits per heavy atom. The molecule has 0 atom stereocenters. The minimum atomic E-state index is 0. The normalized spacial score (nSPS) is 3.60. The maximum atomic E-state index is 8.00. The molecule has 0 aromatic heterocycles. The van der Waals surface area contributed by atoms with E-state index < -0.39 is 0 Å². The number of hydrogen-bond acceptors (Lipinski definition) is 9. The van der Waals surface area contributed by atoms with Gasteiger partial charge in [0.25, 0.3) is 0 Å². The van der Waals surface area contributed by atoms with Crippen LogP contribution in [-0.4, -0.2) is 0 Å². The van der Waals surface area contributed by atoms with Crippen LogP contribution in [0.15, 0.2) is 16.0 Å². The van der Waals surface area contributed by atoms with Gasteiger partial charge in [0.2, 0.25) is 0 Å². The fraction of sp³-hybridized carbons (Fsp3) is 0. The molecule has 0 unspecified atom stereocenters. The van der Waals surface area contributed by atoms with Crippen LogP contribution in [-0.2, 0) is 0 Å². The van der Waals surface area contributed by atoms with E-state index in [9.17, 15) is 0 Å². The maximum Gasteiger partial charge on any atom is 3.00 e. The molecule has 0 fully saturated rings. The summed E-state index contributed by atoms with van der Waals surface area (Å²) in [5, 5.41) is 27.0. The van der Waals surface area contributed by atoms with Crippen LogP contribution in [0.1, 0.15) is 0 Å². The van der Waals surface area contributed by atoms with E-state index in [2.05, 4.69) is 0 Å². The molecule has 10 heteroatoms. The van der Waals surface area contributed by atoms with Crippen molar-refractivity contribution in [3.63, 3.8) is 0 Å². The van der Waals surface area contributed by atoms with Gasteiger partial charge in [-0.3, -0.25) is 0 Å². The van der Waals surface area contributed by atoms with Crippen LogP contribution in [0, 0.1) is 65.9 Å². The summed E-state index contributed by atoms with van der Waals surface area (Å²) < 4.78 is 0. The van der Waals surface area contributed by atoms with Crippen molar-refractivity contribution in [1.29, 1.82) is 0 Å². The van der Waals surface area contributed by atoms with E-state index in [4.69, 9.17) is 30.3 Å². The van der Waals surface area contributed by atoms with E-state index >= 15 is 0 Å². The Balaban J connectivity index is -0.0000000257. The predicted octanol–water partition coefficient (Wildman–Crippen LogP) is 0.752. The van der Waals surface area contributed by atoms with Crippen LogP contribution in [0.2, 0.25) is 0 Å². The zero-order valence-corrected chi connectivity index (χ0v) is 7.99. The summed E-state index contributed by atoms with van der Waals surface area (Å²) in [5.74, 6) is 0. The largest absolute Gasteiger partial charge is 3.00 e. The molecule has 0 spiro atoms. The van der Waals surface area contributed by atoms with Gasteiger partial charge in [0.15, 0.2) is 0 Å². The standard InChI is InChI=1S/La.3HNO2/c;3*2-1-3/h;3*(H,2,3)/q+3;;;/p-3. The molecule has 0 bridgehead atoms. The van der Waals surface area contributed by atoms with Crippen molar-refractivity contribution in [3.05, 3.63) is 30.3 Å². The van der Waals surface area contributed by atoms with E-state index in [1.165, 1.54) is 0 Å². The van der Waals surface area contributed by atoms with Crippen molar-refractivity contribution in [1.82, 2.24) is 0 Å². The molecule has 0 aliphatic heterocycles. The molecule has 10 heavy (non-hydrogen) atoms. The summed E-state index contributed by atoms with van der Waals surface area (Å²) >= 11 is 0. The Labute approximate surface area is 81.8 Å². The second-order valence-corrected chi connectivity index (χ2v) is 0.224. The third-order valence-corrected chi connectivity index (χ3v) is 0. The average molecular weight is 277 g/mol. The number of rotatable bonds is 0.